The van der Waals surface area contributed by atoms with Gasteiger partial charge in [0.2, 0.25) is 0 Å². The number of hydrogen-bond donors (Lipinski definition) is 0. The number of hydrogen-bond acceptors (Lipinski definition) is 6. The molecule has 0 unspecified atom stereocenters. The molecule has 0 amide bonds. The zero-order chi connectivity index (χ0) is 22.7. The van der Waals surface area contributed by atoms with E-state index in [1.807, 2.05) is 19.1 Å². The second-order valence-corrected chi connectivity index (χ2v) is 8.95. The maximum atomic E-state index is 13.4. The van der Waals surface area contributed by atoms with E-state index in [-0.39, 0.29) is 22.0 Å². The predicted molar refractivity (Wildman–Crippen MR) is 120 cm³/mol. The van der Waals surface area contributed by atoms with Crippen LogP contribution in [-0.4, -0.2) is 34.6 Å². The molecule has 0 aromatic heterocycles. The summed E-state index contributed by atoms with van der Waals surface area (Å²) in [7, 11) is -2.47. The topological polar surface area (TPSA) is 82.1 Å². The molecule has 1 heterocycles. The van der Waals surface area contributed by atoms with Gasteiger partial charge in [-0.3, -0.25) is 4.31 Å². The van der Waals surface area contributed by atoms with Crippen LogP contribution in [0.4, 0.5) is 5.69 Å². The highest BCUT2D eigenvalue weighted by Gasteiger charge is 2.32. The Balaban J connectivity index is 1.69. The van der Waals surface area contributed by atoms with Crippen LogP contribution in [0.2, 0.25) is 0 Å². The van der Waals surface area contributed by atoms with Gasteiger partial charge < -0.3 is 14.2 Å². The standard InChI is InChI=1S/C24H23NO6S/c1-3-30-22-10-6-7-11-23(22)31-24(26)19-16-18(12-13-21(19)29-2)32(27,28)25-15-14-17-8-4-5-9-20(17)25/h4-13,16H,3,14-15H2,1-2H3. The molecule has 166 valence electrons. The van der Waals surface area contributed by atoms with Crippen molar-refractivity contribution in [2.45, 2.75) is 18.2 Å². The third-order valence-electron chi connectivity index (χ3n) is 5.18. The zero-order valence-corrected chi connectivity index (χ0v) is 18.6. The molecule has 3 aromatic rings. The van der Waals surface area contributed by atoms with E-state index < -0.39 is 16.0 Å². The van der Waals surface area contributed by atoms with Crippen LogP contribution in [0.25, 0.3) is 0 Å². The van der Waals surface area contributed by atoms with Gasteiger partial charge in [0, 0.05) is 6.54 Å². The van der Waals surface area contributed by atoms with Gasteiger partial charge in [-0.25, -0.2) is 13.2 Å². The van der Waals surface area contributed by atoms with E-state index in [9.17, 15) is 13.2 Å². The fraction of sp³-hybridized carbons (Fsp3) is 0.208. The average molecular weight is 454 g/mol. The maximum absolute atomic E-state index is 13.4. The molecule has 3 aromatic carbocycles. The number of sulfonamides is 1. The van der Waals surface area contributed by atoms with Gasteiger partial charge in [-0.2, -0.15) is 0 Å². The molecule has 1 aliphatic rings. The van der Waals surface area contributed by atoms with Crippen LogP contribution in [0.1, 0.15) is 22.8 Å². The van der Waals surface area contributed by atoms with Crippen LogP contribution in [0, 0.1) is 0 Å². The van der Waals surface area contributed by atoms with Gasteiger partial charge in [0.15, 0.2) is 11.5 Å². The first-order valence-corrected chi connectivity index (χ1v) is 11.6. The third kappa shape index (κ3) is 4.01. The van der Waals surface area contributed by atoms with E-state index >= 15 is 0 Å². The fourth-order valence-electron chi connectivity index (χ4n) is 3.66. The fourth-order valence-corrected chi connectivity index (χ4v) is 5.19. The number of carbonyl (C=O) groups excluding carboxylic acids is 1. The SMILES string of the molecule is CCOc1ccccc1OC(=O)c1cc(S(=O)(=O)N2CCc3ccccc32)ccc1OC. The third-order valence-corrected chi connectivity index (χ3v) is 6.98. The molecular weight excluding hydrogens is 430 g/mol. The Labute approximate surface area is 187 Å². The molecular formula is C24H23NO6S. The predicted octanol–water partition coefficient (Wildman–Crippen LogP) is 4.06. The van der Waals surface area contributed by atoms with Crippen molar-refractivity contribution >= 4 is 21.7 Å². The lowest BCUT2D eigenvalue weighted by atomic mass is 10.2. The van der Waals surface area contributed by atoms with Crippen LogP contribution in [-0.2, 0) is 16.4 Å². The summed E-state index contributed by atoms with van der Waals surface area (Å²) in [6.45, 7) is 2.57. The van der Waals surface area contributed by atoms with Crippen LogP contribution < -0.4 is 18.5 Å². The zero-order valence-electron chi connectivity index (χ0n) is 17.8. The first kappa shape index (κ1) is 21.7. The van der Waals surface area contributed by atoms with Crippen molar-refractivity contribution in [1.82, 2.24) is 0 Å². The van der Waals surface area contributed by atoms with Crippen molar-refractivity contribution in [2.24, 2.45) is 0 Å². The van der Waals surface area contributed by atoms with Crippen LogP contribution >= 0.6 is 0 Å². The van der Waals surface area contributed by atoms with E-state index in [0.29, 0.717) is 31.0 Å². The molecule has 4 rings (SSSR count). The number of esters is 1. The normalized spacial score (nSPS) is 12.9. The first-order valence-electron chi connectivity index (χ1n) is 10.2. The van der Waals surface area contributed by atoms with Crippen molar-refractivity contribution in [3.63, 3.8) is 0 Å². The van der Waals surface area contributed by atoms with Crippen LogP contribution in [0.5, 0.6) is 17.2 Å². The lowest BCUT2D eigenvalue weighted by molar-refractivity contribution is 0.0724. The van der Waals surface area contributed by atoms with Crippen molar-refractivity contribution in [3.05, 3.63) is 77.9 Å². The summed E-state index contributed by atoms with van der Waals surface area (Å²) < 4.78 is 44.4. The molecule has 0 radical (unpaired) electrons. The van der Waals surface area contributed by atoms with Crippen molar-refractivity contribution in [3.8, 4) is 17.2 Å². The van der Waals surface area contributed by atoms with Crippen LogP contribution in [0.3, 0.4) is 0 Å². The maximum Gasteiger partial charge on any atom is 0.347 e. The van der Waals surface area contributed by atoms with Gasteiger partial charge in [0.1, 0.15) is 11.3 Å². The summed E-state index contributed by atoms with van der Waals surface area (Å²) >= 11 is 0. The molecule has 0 saturated carbocycles. The second-order valence-electron chi connectivity index (χ2n) is 7.09. The molecule has 32 heavy (non-hydrogen) atoms. The van der Waals surface area contributed by atoms with Gasteiger partial charge in [-0.05, 0) is 55.3 Å². The van der Waals surface area contributed by atoms with E-state index in [0.717, 1.165) is 5.56 Å². The van der Waals surface area contributed by atoms with Gasteiger partial charge in [0.05, 0.1) is 24.3 Å². The van der Waals surface area contributed by atoms with Gasteiger partial charge in [0.25, 0.3) is 10.0 Å². The first-order chi connectivity index (χ1) is 15.5. The van der Waals surface area contributed by atoms with Gasteiger partial charge >= 0.3 is 5.97 Å². The van der Waals surface area contributed by atoms with Crippen molar-refractivity contribution in [2.75, 3.05) is 24.6 Å². The monoisotopic (exact) mass is 453 g/mol. The number of rotatable bonds is 7. The van der Waals surface area contributed by atoms with E-state index in [1.54, 1.807) is 36.4 Å². The molecule has 0 bridgehead atoms. The number of nitrogens with zero attached hydrogens (tertiary/aromatic N) is 1. The molecule has 0 saturated heterocycles. The van der Waals surface area contributed by atoms with Gasteiger partial charge in [-0.1, -0.05) is 30.3 Å². The molecule has 7 nitrogen and oxygen atoms in total. The Morgan fingerprint density at radius 2 is 1.69 bits per heavy atom. The summed E-state index contributed by atoms with van der Waals surface area (Å²) in [5, 5.41) is 0. The summed E-state index contributed by atoms with van der Waals surface area (Å²) in [6.07, 6.45) is 0.634. The smallest absolute Gasteiger partial charge is 0.347 e. The summed E-state index contributed by atoms with van der Waals surface area (Å²) in [4.78, 5) is 13.0. The molecule has 8 heteroatoms. The lowest BCUT2D eigenvalue weighted by Gasteiger charge is -2.20. The van der Waals surface area contributed by atoms with Crippen molar-refractivity contribution < 1.29 is 27.4 Å². The largest absolute Gasteiger partial charge is 0.496 e. The Bertz CT molecular complexity index is 1250. The number of benzene rings is 3. The highest BCUT2D eigenvalue weighted by Crippen LogP contribution is 2.34. The minimum absolute atomic E-state index is 0.00681. The number of methoxy groups -OCH3 is 1. The lowest BCUT2D eigenvalue weighted by Crippen LogP contribution is -2.29. The summed E-state index contributed by atoms with van der Waals surface area (Å²) in [6, 6.07) is 18.3. The molecule has 1 aliphatic heterocycles. The van der Waals surface area contributed by atoms with Crippen molar-refractivity contribution in [1.29, 1.82) is 0 Å². The molecule has 0 N–H and O–H groups in total. The molecule has 0 aliphatic carbocycles. The number of para-hydroxylation sites is 3. The number of anilines is 1. The Hall–Kier alpha value is -3.52. The quantitative estimate of drug-likeness (QED) is 0.396. The van der Waals surface area contributed by atoms with E-state index in [1.165, 1.54) is 29.6 Å². The molecule has 0 fully saturated rings. The van der Waals surface area contributed by atoms with E-state index in [2.05, 4.69) is 0 Å². The summed E-state index contributed by atoms with van der Waals surface area (Å²) in [5.74, 6) is 0.125. The minimum atomic E-state index is -3.88. The highest BCUT2D eigenvalue weighted by atomic mass is 32.2. The number of fused-ring (bicyclic) bond motifs is 1. The number of carbonyl (C=O) groups is 1. The second kappa shape index (κ2) is 8.92. The Morgan fingerprint density at radius 1 is 0.969 bits per heavy atom. The van der Waals surface area contributed by atoms with E-state index in [4.69, 9.17) is 14.2 Å². The highest BCUT2D eigenvalue weighted by molar-refractivity contribution is 7.92. The Kier molecular flexibility index (Phi) is 6.05. The minimum Gasteiger partial charge on any atom is -0.496 e. The molecule has 0 atom stereocenters. The van der Waals surface area contributed by atoms with Gasteiger partial charge in [-0.15, -0.1) is 0 Å². The van der Waals surface area contributed by atoms with Crippen LogP contribution in [0.15, 0.2) is 71.6 Å². The summed E-state index contributed by atoms with van der Waals surface area (Å²) in [5.41, 5.74) is 1.63. The average Bonchev–Trinajstić information content (AvgIpc) is 3.25. The Morgan fingerprint density at radius 3 is 2.44 bits per heavy atom. The molecule has 0 spiro atoms. The number of ether oxygens (including phenoxy) is 3.